The van der Waals surface area contributed by atoms with Gasteiger partial charge < -0.3 is 19.1 Å². The molecule has 0 aliphatic carbocycles. The summed E-state index contributed by atoms with van der Waals surface area (Å²) in [5, 5.41) is 0. The number of fused-ring (bicyclic) bond motifs is 1. The van der Waals surface area contributed by atoms with E-state index in [2.05, 4.69) is 14.9 Å². The van der Waals surface area contributed by atoms with E-state index in [0.717, 1.165) is 30.2 Å². The molecular weight excluding hydrogens is 346 g/mol. The van der Waals surface area contributed by atoms with E-state index in [1.165, 1.54) is 6.33 Å². The summed E-state index contributed by atoms with van der Waals surface area (Å²) in [6.45, 7) is 4.37. The van der Waals surface area contributed by atoms with Crippen molar-refractivity contribution < 1.29 is 9.53 Å². The molecule has 8 heteroatoms. The number of anilines is 1. The van der Waals surface area contributed by atoms with Gasteiger partial charge in [-0.15, -0.1) is 0 Å². The quantitative estimate of drug-likeness (QED) is 0.795. The molecule has 2 aliphatic heterocycles. The first-order valence-corrected chi connectivity index (χ1v) is 9.03. The molecule has 142 valence electrons. The minimum atomic E-state index is -0.0700. The molecule has 4 rings (SSSR count). The smallest absolute Gasteiger partial charge is 0.257 e. The van der Waals surface area contributed by atoms with E-state index in [0.29, 0.717) is 36.7 Å². The van der Waals surface area contributed by atoms with E-state index >= 15 is 0 Å². The lowest BCUT2D eigenvalue weighted by molar-refractivity contribution is -0.133. The van der Waals surface area contributed by atoms with Crippen molar-refractivity contribution in [3.05, 3.63) is 45.8 Å². The summed E-state index contributed by atoms with van der Waals surface area (Å²) in [5.74, 6) is 1.95. The highest BCUT2D eigenvalue weighted by molar-refractivity contribution is 5.78. The summed E-state index contributed by atoms with van der Waals surface area (Å²) in [7, 11) is 3.33. The molecule has 0 unspecified atom stereocenters. The highest BCUT2D eigenvalue weighted by Gasteiger charge is 2.34. The Hall–Kier alpha value is -2.90. The summed E-state index contributed by atoms with van der Waals surface area (Å²) in [4.78, 5) is 37.3. The van der Waals surface area contributed by atoms with Crippen LogP contribution in [0.3, 0.4) is 0 Å². The molecule has 1 amide bonds. The van der Waals surface area contributed by atoms with Crippen LogP contribution in [0.1, 0.15) is 23.2 Å². The molecule has 0 N–H and O–H groups in total. The van der Waals surface area contributed by atoms with E-state index < -0.39 is 0 Å². The van der Waals surface area contributed by atoms with Gasteiger partial charge in [-0.2, -0.15) is 0 Å². The molecule has 1 saturated heterocycles. The Balaban J connectivity index is 1.42. The number of carbonyl (C=O) groups is 1. The van der Waals surface area contributed by atoms with Crippen molar-refractivity contribution in [1.82, 2.24) is 19.4 Å². The highest BCUT2D eigenvalue weighted by Crippen LogP contribution is 2.33. The second kappa shape index (κ2) is 6.68. The lowest BCUT2D eigenvalue weighted by Gasteiger charge is -2.40. The Morgan fingerprint density at radius 3 is 2.78 bits per heavy atom. The van der Waals surface area contributed by atoms with Crippen molar-refractivity contribution in [2.45, 2.75) is 26.4 Å². The number of rotatable bonds is 4. The van der Waals surface area contributed by atoms with Crippen LogP contribution in [0.5, 0.6) is 5.75 Å². The van der Waals surface area contributed by atoms with Crippen LogP contribution in [0.4, 0.5) is 5.82 Å². The van der Waals surface area contributed by atoms with E-state index in [1.54, 1.807) is 31.8 Å². The lowest BCUT2D eigenvalue weighted by atomic mass is 9.95. The molecule has 0 bridgehead atoms. The standard InChI is InChI=1S/C19H23N5O3/c1-12-18(27-3)14-9-24(10-15(14)22(2)19(12)26)17(25)6-13-7-23(8-13)16-4-5-20-11-21-16/h4-5,11,13H,6-10H2,1-3H3. The van der Waals surface area contributed by atoms with Crippen molar-refractivity contribution in [2.24, 2.45) is 13.0 Å². The second-order valence-corrected chi connectivity index (χ2v) is 7.24. The fourth-order valence-electron chi connectivity index (χ4n) is 4.01. The SMILES string of the molecule is COc1c2c(n(C)c(=O)c1C)CN(C(=O)CC1CN(c3ccncn3)C1)C2. The maximum absolute atomic E-state index is 12.8. The van der Waals surface area contributed by atoms with Gasteiger partial charge >= 0.3 is 0 Å². The van der Waals surface area contributed by atoms with Crippen LogP contribution >= 0.6 is 0 Å². The molecule has 8 nitrogen and oxygen atoms in total. The van der Waals surface area contributed by atoms with Gasteiger partial charge in [0.05, 0.1) is 25.8 Å². The third kappa shape index (κ3) is 2.94. The zero-order valence-electron chi connectivity index (χ0n) is 15.8. The fraction of sp³-hybridized carbons (Fsp3) is 0.474. The number of nitrogens with zero attached hydrogens (tertiary/aromatic N) is 5. The van der Waals surface area contributed by atoms with Gasteiger partial charge in [-0.05, 0) is 13.0 Å². The number of hydrogen-bond donors (Lipinski definition) is 0. The summed E-state index contributed by atoms with van der Waals surface area (Å²) in [6.07, 6.45) is 3.77. The van der Waals surface area contributed by atoms with Crippen LogP contribution in [0.2, 0.25) is 0 Å². The molecular formula is C19H23N5O3. The number of hydrogen-bond acceptors (Lipinski definition) is 6. The number of ether oxygens (including phenoxy) is 1. The normalized spacial score (nSPS) is 16.3. The Bertz CT molecular complexity index is 935. The van der Waals surface area contributed by atoms with Gasteiger partial charge in [0.1, 0.15) is 17.9 Å². The van der Waals surface area contributed by atoms with E-state index in [-0.39, 0.29) is 11.5 Å². The predicted molar refractivity (Wildman–Crippen MR) is 99.6 cm³/mol. The number of amides is 1. The lowest BCUT2D eigenvalue weighted by Crippen LogP contribution is -2.49. The summed E-state index contributed by atoms with van der Waals surface area (Å²) < 4.78 is 7.10. The Labute approximate surface area is 157 Å². The Kier molecular flexibility index (Phi) is 4.33. The largest absolute Gasteiger partial charge is 0.496 e. The average Bonchev–Trinajstić information content (AvgIpc) is 3.09. The van der Waals surface area contributed by atoms with Crippen LogP contribution in [0, 0.1) is 12.8 Å². The molecule has 27 heavy (non-hydrogen) atoms. The molecule has 2 aliphatic rings. The van der Waals surface area contributed by atoms with E-state index in [4.69, 9.17) is 4.74 Å². The van der Waals surface area contributed by atoms with Crippen molar-refractivity contribution in [3.63, 3.8) is 0 Å². The molecule has 1 fully saturated rings. The monoisotopic (exact) mass is 369 g/mol. The molecule has 2 aromatic rings. The molecule has 0 aromatic carbocycles. The third-order valence-corrected chi connectivity index (χ3v) is 5.55. The van der Waals surface area contributed by atoms with Gasteiger partial charge in [0.15, 0.2) is 0 Å². The number of pyridine rings is 1. The minimum absolute atomic E-state index is 0.0700. The van der Waals surface area contributed by atoms with E-state index in [9.17, 15) is 9.59 Å². The molecule has 2 aromatic heterocycles. The zero-order valence-corrected chi connectivity index (χ0v) is 15.8. The van der Waals surface area contributed by atoms with Gasteiger partial charge in [-0.3, -0.25) is 9.59 Å². The van der Waals surface area contributed by atoms with Gasteiger partial charge in [-0.25, -0.2) is 9.97 Å². The van der Waals surface area contributed by atoms with Crippen molar-refractivity contribution >= 4 is 11.7 Å². The maximum atomic E-state index is 12.8. The van der Waals surface area contributed by atoms with Gasteiger partial charge in [0.2, 0.25) is 5.91 Å². The van der Waals surface area contributed by atoms with Crippen LogP contribution < -0.4 is 15.2 Å². The topological polar surface area (TPSA) is 80.6 Å². The summed E-state index contributed by atoms with van der Waals surface area (Å²) in [5.41, 5.74) is 2.33. The maximum Gasteiger partial charge on any atom is 0.257 e. The van der Waals surface area contributed by atoms with Gasteiger partial charge in [0, 0.05) is 49.9 Å². The first-order valence-electron chi connectivity index (χ1n) is 9.03. The van der Waals surface area contributed by atoms with Crippen LogP contribution in [-0.4, -0.2) is 45.5 Å². The molecule has 0 atom stereocenters. The fourth-order valence-corrected chi connectivity index (χ4v) is 4.01. The van der Waals surface area contributed by atoms with Gasteiger partial charge in [0.25, 0.3) is 5.56 Å². The van der Waals surface area contributed by atoms with Gasteiger partial charge in [-0.1, -0.05) is 0 Å². The summed E-state index contributed by atoms with van der Waals surface area (Å²) in [6, 6.07) is 1.88. The van der Waals surface area contributed by atoms with Crippen molar-refractivity contribution in [2.75, 3.05) is 25.1 Å². The van der Waals surface area contributed by atoms with E-state index in [1.807, 2.05) is 11.0 Å². The molecule has 0 spiro atoms. The second-order valence-electron chi connectivity index (χ2n) is 7.24. The average molecular weight is 369 g/mol. The van der Waals surface area contributed by atoms with Crippen molar-refractivity contribution in [1.29, 1.82) is 0 Å². The minimum Gasteiger partial charge on any atom is -0.496 e. The van der Waals surface area contributed by atoms with Crippen molar-refractivity contribution in [3.8, 4) is 5.75 Å². The molecule has 0 radical (unpaired) electrons. The van der Waals surface area contributed by atoms with Crippen LogP contribution in [0.25, 0.3) is 0 Å². The van der Waals surface area contributed by atoms with Crippen LogP contribution in [0.15, 0.2) is 23.4 Å². The highest BCUT2D eigenvalue weighted by atomic mass is 16.5. The first-order chi connectivity index (χ1) is 13.0. The summed E-state index contributed by atoms with van der Waals surface area (Å²) >= 11 is 0. The zero-order chi connectivity index (χ0) is 19.1. The molecule has 4 heterocycles. The number of methoxy groups -OCH3 is 1. The first kappa shape index (κ1) is 17.5. The van der Waals surface area contributed by atoms with Crippen LogP contribution in [-0.2, 0) is 24.9 Å². The number of carbonyl (C=O) groups excluding carboxylic acids is 1. The predicted octanol–water partition coefficient (Wildman–Crippen LogP) is 0.861. The third-order valence-electron chi connectivity index (χ3n) is 5.55. The Morgan fingerprint density at radius 1 is 1.33 bits per heavy atom. The Morgan fingerprint density at radius 2 is 2.11 bits per heavy atom. The molecule has 0 saturated carbocycles. The number of aromatic nitrogens is 3.